The third-order valence-electron chi connectivity index (χ3n) is 5.91. The van der Waals surface area contributed by atoms with E-state index in [2.05, 4.69) is 0 Å². The van der Waals surface area contributed by atoms with Crippen LogP contribution in [0.4, 0.5) is 11.4 Å². The average molecular weight is 478 g/mol. The molecule has 0 atom stereocenters. The van der Waals surface area contributed by atoms with Gasteiger partial charge in [-0.15, -0.1) is 11.3 Å². The number of hydrogen-bond donors (Lipinski definition) is 0. The van der Waals surface area contributed by atoms with Crippen molar-refractivity contribution in [1.82, 2.24) is 9.55 Å². The highest BCUT2D eigenvalue weighted by Gasteiger charge is 2.28. The molecule has 0 spiro atoms. The molecule has 5 nitrogen and oxygen atoms in total. The van der Waals surface area contributed by atoms with Gasteiger partial charge in [-0.2, -0.15) is 0 Å². The minimum absolute atomic E-state index is 0.00517. The molecule has 0 unspecified atom stereocenters. The number of carbonyl (C=O) groups excluding carboxylic acids is 1. The topological polar surface area (TPSA) is 55.2 Å². The van der Waals surface area contributed by atoms with Crippen LogP contribution in [0, 0.1) is 0 Å². The number of nitrogens with zero attached hydrogens (tertiary/aromatic N) is 3. The maximum absolute atomic E-state index is 13.5. The lowest BCUT2D eigenvalue weighted by Crippen LogP contribution is -2.30. The molecule has 2 aromatic heterocycles. The Bertz CT molecular complexity index is 1410. The SMILES string of the molecule is Cn1c(SCC(=O)N2c3ccccc3Sc3ccccc32)nc2sc3c(c2c1=O)CCC3. The Hall–Kier alpha value is -2.55. The van der Waals surface area contributed by atoms with Gasteiger partial charge in [0.15, 0.2) is 5.16 Å². The van der Waals surface area contributed by atoms with Gasteiger partial charge in [-0.1, -0.05) is 47.8 Å². The van der Waals surface area contributed by atoms with Crippen LogP contribution < -0.4 is 10.5 Å². The standard InChI is InChI=1S/C24H19N3O2S3/c1-26-23(29)21-14-7-6-12-17(14)32-22(21)25-24(26)30-13-20(28)27-15-8-2-4-10-18(15)31-19-11-5-3-9-16(19)27/h2-5,8-11H,6-7,12-13H2,1H3. The molecule has 2 aromatic carbocycles. The first-order valence-corrected chi connectivity index (χ1v) is 13.1. The number of benzene rings is 2. The maximum Gasteiger partial charge on any atom is 0.262 e. The van der Waals surface area contributed by atoms with Gasteiger partial charge in [-0.3, -0.25) is 19.1 Å². The van der Waals surface area contributed by atoms with Crippen LogP contribution in [0.3, 0.4) is 0 Å². The summed E-state index contributed by atoms with van der Waals surface area (Å²) < 4.78 is 1.60. The number of amides is 1. The number of rotatable bonds is 3. The van der Waals surface area contributed by atoms with Crippen molar-refractivity contribution < 1.29 is 4.79 Å². The van der Waals surface area contributed by atoms with E-state index in [4.69, 9.17) is 4.98 Å². The van der Waals surface area contributed by atoms with E-state index < -0.39 is 0 Å². The summed E-state index contributed by atoms with van der Waals surface area (Å²) in [6, 6.07) is 15.9. The van der Waals surface area contributed by atoms with E-state index in [-0.39, 0.29) is 17.2 Å². The van der Waals surface area contributed by atoms with Gasteiger partial charge in [0.05, 0.1) is 22.5 Å². The van der Waals surface area contributed by atoms with Crippen molar-refractivity contribution in [2.45, 2.75) is 34.2 Å². The fraction of sp³-hybridized carbons (Fsp3) is 0.208. The van der Waals surface area contributed by atoms with Crippen LogP contribution >= 0.6 is 34.9 Å². The highest BCUT2D eigenvalue weighted by molar-refractivity contribution is 8.00. The van der Waals surface area contributed by atoms with Crippen molar-refractivity contribution in [1.29, 1.82) is 0 Å². The molecule has 6 rings (SSSR count). The van der Waals surface area contributed by atoms with Gasteiger partial charge in [-0.05, 0) is 49.1 Å². The van der Waals surface area contributed by atoms with Crippen LogP contribution in [-0.4, -0.2) is 21.2 Å². The molecule has 3 heterocycles. The van der Waals surface area contributed by atoms with Crippen LogP contribution in [-0.2, 0) is 24.7 Å². The van der Waals surface area contributed by atoms with Gasteiger partial charge in [0.2, 0.25) is 5.91 Å². The molecule has 32 heavy (non-hydrogen) atoms. The van der Waals surface area contributed by atoms with Crippen LogP contribution in [0.1, 0.15) is 16.9 Å². The van der Waals surface area contributed by atoms with Gasteiger partial charge in [0.25, 0.3) is 5.56 Å². The number of aromatic nitrogens is 2. The van der Waals surface area contributed by atoms with Gasteiger partial charge in [0.1, 0.15) is 4.83 Å². The van der Waals surface area contributed by atoms with Crippen molar-refractivity contribution in [3.63, 3.8) is 0 Å². The van der Waals surface area contributed by atoms with E-state index in [1.165, 1.54) is 22.2 Å². The normalized spacial score (nSPS) is 14.3. The number of carbonyl (C=O) groups is 1. The monoisotopic (exact) mass is 477 g/mol. The fourth-order valence-corrected chi connectivity index (χ4v) is 7.58. The summed E-state index contributed by atoms with van der Waals surface area (Å²) in [7, 11) is 1.75. The highest BCUT2D eigenvalue weighted by Crippen LogP contribution is 2.48. The molecular weight excluding hydrogens is 458 g/mol. The van der Waals surface area contributed by atoms with E-state index >= 15 is 0 Å². The second-order valence-electron chi connectivity index (χ2n) is 7.85. The van der Waals surface area contributed by atoms with Crippen LogP contribution in [0.25, 0.3) is 10.2 Å². The molecule has 0 saturated heterocycles. The number of thioether (sulfide) groups is 1. The zero-order valence-electron chi connectivity index (χ0n) is 17.3. The molecule has 1 amide bonds. The lowest BCUT2D eigenvalue weighted by molar-refractivity contribution is -0.115. The summed E-state index contributed by atoms with van der Waals surface area (Å²) in [4.78, 5) is 37.3. The summed E-state index contributed by atoms with van der Waals surface area (Å²) in [5, 5.41) is 1.36. The Morgan fingerprint density at radius 2 is 1.75 bits per heavy atom. The first kappa shape index (κ1) is 20.1. The molecule has 0 saturated carbocycles. The summed E-state index contributed by atoms with van der Waals surface area (Å²) >= 11 is 4.64. The summed E-state index contributed by atoms with van der Waals surface area (Å²) in [6.07, 6.45) is 3.11. The average Bonchev–Trinajstić information content (AvgIpc) is 3.39. The fourth-order valence-electron chi connectivity index (χ4n) is 4.40. The molecule has 0 N–H and O–H groups in total. The molecule has 160 valence electrons. The molecule has 8 heteroatoms. The number of hydrogen-bond acceptors (Lipinski definition) is 6. The third-order valence-corrected chi connectivity index (χ3v) is 9.24. The summed E-state index contributed by atoms with van der Waals surface area (Å²) in [5.74, 6) is 0.169. The zero-order valence-corrected chi connectivity index (χ0v) is 19.8. The second kappa shape index (κ2) is 7.79. The van der Waals surface area contributed by atoms with Gasteiger partial charge < -0.3 is 0 Å². The Morgan fingerprint density at radius 1 is 1.06 bits per heavy atom. The number of fused-ring (bicyclic) bond motifs is 5. The van der Waals surface area contributed by atoms with Crippen LogP contribution in [0.15, 0.2) is 68.3 Å². The minimum atomic E-state index is -0.0294. The first-order valence-electron chi connectivity index (χ1n) is 10.4. The first-order chi connectivity index (χ1) is 15.6. The lowest BCUT2D eigenvalue weighted by atomic mass is 10.2. The molecule has 1 aliphatic heterocycles. The van der Waals surface area contributed by atoms with Crippen molar-refractivity contribution in [2.75, 3.05) is 10.7 Å². The van der Waals surface area contributed by atoms with Crippen molar-refractivity contribution in [3.8, 4) is 0 Å². The third kappa shape index (κ3) is 3.12. The number of aryl methyl sites for hydroxylation is 2. The molecular formula is C24H19N3O2S3. The second-order valence-corrected chi connectivity index (χ2v) is 11.0. The van der Waals surface area contributed by atoms with E-state index in [1.807, 2.05) is 48.5 Å². The van der Waals surface area contributed by atoms with Crippen molar-refractivity contribution in [3.05, 3.63) is 69.3 Å². The van der Waals surface area contributed by atoms with Gasteiger partial charge in [0, 0.05) is 21.7 Å². The zero-order chi connectivity index (χ0) is 21.8. The molecule has 0 fully saturated rings. The van der Waals surface area contributed by atoms with E-state index in [0.29, 0.717) is 5.16 Å². The largest absolute Gasteiger partial charge is 0.290 e. The van der Waals surface area contributed by atoms with Gasteiger partial charge >= 0.3 is 0 Å². The highest BCUT2D eigenvalue weighted by atomic mass is 32.2. The number of para-hydroxylation sites is 2. The molecule has 4 aromatic rings. The maximum atomic E-state index is 13.5. The quantitative estimate of drug-likeness (QED) is 0.292. The summed E-state index contributed by atoms with van der Waals surface area (Å²) in [5.41, 5.74) is 2.97. The molecule has 2 aliphatic rings. The lowest BCUT2D eigenvalue weighted by Gasteiger charge is -2.31. The smallest absolute Gasteiger partial charge is 0.262 e. The van der Waals surface area contributed by atoms with Crippen LogP contribution in [0.2, 0.25) is 0 Å². The van der Waals surface area contributed by atoms with Gasteiger partial charge in [-0.25, -0.2) is 4.98 Å². The predicted octanol–water partition coefficient (Wildman–Crippen LogP) is 5.41. The molecule has 0 radical (unpaired) electrons. The number of anilines is 2. The van der Waals surface area contributed by atoms with E-state index in [0.717, 1.165) is 50.6 Å². The van der Waals surface area contributed by atoms with Crippen molar-refractivity contribution >= 4 is 62.4 Å². The predicted molar refractivity (Wildman–Crippen MR) is 132 cm³/mol. The Kier molecular flexibility index (Phi) is 4.89. The molecule has 0 bridgehead atoms. The molecule has 1 aliphatic carbocycles. The number of thiophene rings is 1. The summed E-state index contributed by atoms with van der Waals surface area (Å²) in [6.45, 7) is 0. The van der Waals surface area contributed by atoms with E-state index in [9.17, 15) is 9.59 Å². The minimum Gasteiger partial charge on any atom is -0.290 e. The Morgan fingerprint density at radius 3 is 2.47 bits per heavy atom. The van der Waals surface area contributed by atoms with E-state index in [1.54, 1.807) is 39.6 Å². The Labute approximate surface area is 197 Å². The Balaban J connectivity index is 1.33. The van der Waals surface area contributed by atoms with Crippen molar-refractivity contribution in [2.24, 2.45) is 7.05 Å². The van der Waals surface area contributed by atoms with Crippen LogP contribution in [0.5, 0.6) is 0 Å².